The number of pyridine rings is 2. The second-order valence-corrected chi connectivity index (χ2v) is 15.0. The number of hydrogen-bond acceptors (Lipinski definition) is 18. The SMILES string of the molecule is CC[C@@]1(O)C(=O)OCc2c1cc1n(c2=O)Cc2c-1nc1cc3c(cc1c2CNC(=O)OCc1ccc(O[C@@H]2OC4(C(=O)O)[C@@H](O)C4(N=O)C2O)c(NC(=O)CCN)c1)OCO3. The number of esters is 1. The van der Waals surface area contributed by atoms with Gasteiger partial charge in [0.25, 0.3) is 5.56 Å². The number of rotatable bonds is 12. The minimum Gasteiger partial charge on any atom is -0.479 e. The van der Waals surface area contributed by atoms with E-state index in [1.807, 2.05) is 0 Å². The van der Waals surface area contributed by atoms with Crippen LogP contribution in [0, 0.1) is 4.91 Å². The van der Waals surface area contributed by atoms with Gasteiger partial charge in [0.2, 0.25) is 30.1 Å². The number of aliphatic hydroxyl groups is 3. The van der Waals surface area contributed by atoms with Gasteiger partial charge in [-0.15, -0.1) is 4.91 Å². The number of alkyl carbamates (subject to hydrolysis) is 1. The third kappa shape index (κ3) is 5.74. The Kier molecular flexibility index (Phi) is 9.25. The summed E-state index contributed by atoms with van der Waals surface area (Å²) in [6, 6.07) is 9.10. The molecule has 2 fully saturated rings. The van der Waals surface area contributed by atoms with Gasteiger partial charge in [0.1, 0.15) is 25.1 Å². The van der Waals surface area contributed by atoms with E-state index in [1.165, 1.54) is 22.8 Å². The van der Waals surface area contributed by atoms with Gasteiger partial charge in [0.15, 0.2) is 23.2 Å². The third-order valence-corrected chi connectivity index (χ3v) is 11.8. The second-order valence-electron chi connectivity index (χ2n) is 15.0. The number of carboxylic acid groups (broad SMARTS) is 1. The Bertz CT molecular complexity index is 2670. The van der Waals surface area contributed by atoms with Crippen LogP contribution in [-0.4, -0.2) is 96.9 Å². The highest BCUT2D eigenvalue weighted by Crippen LogP contribution is 2.62. The van der Waals surface area contributed by atoms with E-state index in [1.54, 1.807) is 25.1 Å². The Balaban J connectivity index is 0.966. The second kappa shape index (κ2) is 14.2. The van der Waals surface area contributed by atoms with Crippen molar-refractivity contribution in [2.75, 3.05) is 18.7 Å². The number of carbonyl (C=O) groups is 4. The Morgan fingerprint density at radius 2 is 1.85 bits per heavy atom. The summed E-state index contributed by atoms with van der Waals surface area (Å²) in [4.78, 5) is 80.9. The lowest BCUT2D eigenvalue weighted by Crippen LogP contribution is -2.44. The van der Waals surface area contributed by atoms with Crippen molar-refractivity contribution in [3.05, 3.63) is 79.5 Å². The molecule has 6 atom stereocenters. The van der Waals surface area contributed by atoms with Gasteiger partial charge < -0.3 is 69.8 Å². The van der Waals surface area contributed by atoms with Crippen molar-refractivity contribution >= 4 is 40.5 Å². The minimum absolute atomic E-state index is 0.00960. The summed E-state index contributed by atoms with van der Waals surface area (Å²) >= 11 is 0. The van der Waals surface area contributed by atoms with Crippen LogP contribution in [0.15, 0.2) is 46.4 Å². The summed E-state index contributed by atoms with van der Waals surface area (Å²) in [6.07, 6.45) is -6.74. The number of nitrogens with two attached hydrogens (primary N) is 1. The lowest BCUT2D eigenvalue weighted by Gasteiger charge is -2.31. The molecule has 0 radical (unpaired) electrons. The van der Waals surface area contributed by atoms with E-state index in [4.69, 9.17) is 39.1 Å². The molecular weight excluding hydrogens is 808 g/mol. The maximum absolute atomic E-state index is 13.9. The van der Waals surface area contributed by atoms with Crippen LogP contribution < -0.4 is 36.1 Å². The number of anilines is 1. The minimum atomic E-state index is -2.53. The fraction of sp³-hybridized carbons (Fsp3) is 0.385. The number of aromatic nitrogens is 2. The summed E-state index contributed by atoms with van der Waals surface area (Å²) in [5.41, 5.74) is 1.03. The van der Waals surface area contributed by atoms with E-state index >= 15 is 0 Å². The van der Waals surface area contributed by atoms with Crippen LogP contribution in [0.3, 0.4) is 0 Å². The van der Waals surface area contributed by atoms with Crippen molar-refractivity contribution in [1.82, 2.24) is 14.9 Å². The first-order valence-electron chi connectivity index (χ1n) is 19.0. The number of cyclic esters (lactones) is 1. The monoisotopic (exact) mass is 844 g/mol. The van der Waals surface area contributed by atoms with Gasteiger partial charge in [-0.3, -0.25) is 9.59 Å². The summed E-state index contributed by atoms with van der Waals surface area (Å²) in [6.45, 7) is 0.842. The summed E-state index contributed by atoms with van der Waals surface area (Å²) < 4.78 is 34.4. The van der Waals surface area contributed by atoms with Crippen molar-refractivity contribution in [1.29, 1.82) is 0 Å². The zero-order valence-corrected chi connectivity index (χ0v) is 32.0. The van der Waals surface area contributed by atoms with Gasteiger partial charge in [-0.1, -0.05) is 18.2 Å². The van der Waals surface area contributed by atoms with Gasteiger partial charge in [-0.05, 0) is 41.8 Å². The fourth-order valence-electron chi connectivity index (χ4n) is 8.48. The van der Waals surface area contributed by atoms with E-state index in [9.17, 15) is 49.3 Å². The number of fused-ring (bicyclic) bond motifs is 7. The number of amides is 2. The van der Waals surface area contributed by atoms with E-state index in [2.05, 4.69) is 15.8 Å². The van der Waals surface area contributed by atoms with Gasteiger partial charge in [0, 0.05) is 42.1 Å². The molecule has 8 N–H and O–H groups in total. The predicted molar refractivity (Wildman–Crippen MR) is 203 cm³/mol. The molecule has 2 amide bonds. The number of aliphatic carboxylic acids is 1. The Hall–Kier alpha value is -6.72. The third-order valence-electron chi connectivity index (χ3n) is 11.8. The lowest BCUT2D eigenvalue weighted by molar-refractivity contribution is -0.182. The normalized spacial score (nSPS) is 26.0. The number of hydrogen-bond donors (Lipinski definition) is 7. The van der Waals surface area contributed by atoms with Crippen LogP contribution in [0.2, 0.25) is 0 Å². The van der Waals surface area contributed by atoms with Crippen LogP contribution in [0.1, 0.15) is 47.6 Å². The molecule has 4 aromatic rings. The summed E-state index contributed by atoms with van der Waals surface area (Å²) in [7, 11) is 0. The molecule has 0 bridgehead atoms. The zero-order valence-electron chi connectivity index (χ0n) is 32.0. The zero-order chi connectivity index (χ0) is 43.2. The molecule has 1 aliphatic carbocycles. The summed E-state index contributed by atoms with van der Waals surface area (Å²) in [5.74, 6) is -2.41. The molecule has 5 aliphatic rings. The molecule has 22 heteroatoms. The molecule has 1 saturated carbocycles. The number of nitrogens with zero attached hydrogens (tertiary/aromatic N) is 3. The fourth-order valence-corrected chi connectivity index (χ4v) is 8.48. The van der Waals surface area contributed by atoms with Gasteiger partial charge in [-0.25, -0.2) is 19.4 Å². The summed E-state index contributed by atoms with van der Waals surface area (Å²) in [5, 5.41) is 50.6. The molecule has 4 aliphatic heterocycles. The van der Waals surface area contributed by atoms with Crippen LogP contribution in [0.4, 0.5) is 10.5 Å². The molecule has 6 heterocycles. The number of nitrogens with one attached hydrogen (secondary N) is 2. The molecule has 9 rings (SSSR count). The Morgan fingerprint density at radius 1 is 1.08 bits per heavy atom. The molecule has 22 nitrogen and oxygen atoms in total. The number of carboxylic acids is 1. The standard InChI is InChI=1S/C39H36N6O16/c1-2-37(54)21-9-24-29-19(12-45(24)31(48)20(21)14-56-35(37)52)18(17-8-26-27(59-15-58-26)10-22(17)43-29)11-41-36(53)57-13-16-3-4-25(23(7-16)42-28(46)5-6-40)60-32-30(47)38(44-55)33(49)39(38,61-32)34(50)51/h3-4,7-10,30,32-33,47,49,54H,2,5-6,11-15,40H2,1H3,(H,41,53)(H,42,46)(H,50,51)/t30?,32-,33+,37+,38?,39?/m1/s1. The predicted octanol–water partition coefficient (Wildman–Crippen LogP) is 0.321. The van der Waals surface area contributed by atoms with E-state index in [0.717, 1.165) is 0 Å². The molecule has 61 heavy (non-hydrogen) atoms. The van der Waals surface area contributed by atoms with Crippen LogP contribution in [0.25, 0.3) is 22.3 Å². The smallest absolute Gasteiger partial charge is 0.407 e. The topological polar surface area (TPSA) is 319 Å². The van der Waals surface area contributed by atoms with Gasteiger partial charge in [-0.2, -0.15) is 0 Å². The maximum atomic E-state index is 13.9. The number of carbonyl (C=O) groups excluding carboxylic acids is 3. The number of nitroso groups, excluding NO2 is 1. The highest BCUT2D eigenvalue weighted by atomic mass is 16.7. The molecule has 2 aromatic heterocycles. The highest BCUT2D eigenvalue weighted by molar-refractivity contribution is 5.93. The van der Waals surface area contributed by atoms with Crippen LogP contribution in [0.5, 0.6) is 17.2 Å². The Labute approximate surface area is 342 Å². The van der Waals surface area contributed by atoms with Crippen LogP contribution >= 0.6 is 0 Å². The number of aliphatic hydroxyl groups excluding tert-OH is 2. The molecule has 3 unspecified atom stereocenters. The molecule has 2 aromatic carbocycles. The number of ether oxygens (including phenoxy) is 6. The van der Waals surface area contributed by atoms with Crippen molar-refractivity contribution < 1.29 is 68.0 Å². The van der Waals surface area contributed by atoms with E-state index in [0.29, 0.717) is 50.5 Å². The average Bonchev–Trinajstić information content (AvgIpc) is 3.64. The van der Waals surface area contributed by atoms with Crippen molar-refractivity contribution in [3.63, 3.8) is 0 Å². The quantitative estimate of drug-likeness (QED) is 0.0657. The molecule has 0 spiro atoms. The van der Waals surface area contributed by atoms with Crippen molar-refractivity contribution in [2.24, 2.45) is 10.9 Å². The van der Waals surface area contributed by atoms with Gasteiger partial charge in [0.05, 0.1) is 34.7 Å². The van der Waals surface area contributed by atoms with Crippen molar-refractivity contribution in [2.45, 2.75) is 81.3 Å². The Morgan fingerprint density at radius 3 is 2.56 bits per heavy atom. The maximum Gasteiger partial charge on any atom is 0.407 e. The largest absolute Gasteiger partial charge is 0.479 e. The lowest BCUT2D eigenvalue weighted by atomic mass is 9.86. The molecular formula is C39H36N6O16. The first-order valence-corrected chi connectivity index (χ1v) is 19.0. The van der Waals surface area contributed by atoms with Crippen LogP contribution in [-0.2, 0) is 60.5 Å². The highest BCUT2D eigenvalue weighted by Gasteiger charge is 2.94. The van der Waals surface area contributed by atoms with E-state index in [-0.39, 0.29) is 75.0 Å². The first-order chi connectivity index (χ1) is 29.2. The molecule has 1 saturated heterocycles. The average molecular weight is 845 g/mol. The van der Waals surface area contributed by atoms with Crippen molar-refractivity contribution in [3.8, 4) is 28.6 Å². The molecule has 318 valence electrons. The van der Waals surface area contributed by atoms with E-state index < -0.39 is 64.7 Å². The first kappa shape index (κ1) is 39.7. The van der Waals surface area contributed by atoms with Gasteiger partial charge >= 0.3 is 18.0 Å². The number of benzene rings is 2.